The van der Waals surface area contributed by atoms with Crippen LogP contribution in [0.15, 0.2) is 58.2 Å². The van der Waals surface area contributed by atoms with Gasteiger partial charge in [-0.15, -0.1) is 10.2 Å². The van der Waals surface area contributed by atoms with Crippen molar-refractivity contribution in [1.82, 2.24) is 10.2 Å². The molecule has 0 radical (unpaired) electrons. The van der Waals surface area contributed by atoms with Crippen LogP contribution in [0.5, 0.6) is 11.5 Å². The number of hydrogen-bond donors (Lipinski definition) is 1. The van der Waals surface area contributed by atoms with Crippen LogP contribution in [0.4, 0.5) is 5.69 Å². The zero-order valence-corrected chi connectivity index (χ0v) is 16.7. The van der Waals surface area contributed by atoms with Gasteiger partial charge >= 0.3 is 0 Å². The molecule has 0 saturated carbocycles. The van der Waals surface area contributed by atoms with Crippen molar-refractivity contribution in [3.63, 3.8) is 0 Å². The lowest BCUT2D eigenvalue weighted by atomic mass is 10.1. The monoisotopic (exact) mass is 399 g/mol. The lowest BCUT2D eigenvalue weighted by molar-refractivity contribution is -0.115. The Balaban J connectivity index is 1.54. The number of thioether (sulfide) groups is 1. The van der Waals surface area contributed by atoms with Crippen molar-refractivity contribution < 1.29 is 18.7 Å². The van der Waals surface area contributed by atoms with Gasteiger partial charge in [0.25, 0.3) is 5.22 Å². The molecule has 1 atom stereocenters. The Morgan fingerprint density at radius 3 is 2.25 bits per heavy atom. The number of carbonyl (C=O) groups excluding carboxylic acids is 1. The summed E-state index contributed by atoms with van der Waals surface area (Å²) in [5.74, 6) is 1.87. The number of nitrogens with zero attached hydrogens (tertiary/aromatic N) is 2. The van der Waals surface area contributed by atoms with Crippen LogP contribution in [-0.2, 0) is 11.2 Å². The normalized spacial score (nSPS) is 11.7. The Morgan fingerprint density at radius 2 is 1.64 bits per heavy atom. The predicted octanol–water partition coefficient (Wildman–Crippen LogP) is 3.80. The molecular weight excluding hydrogens is 378 g/mol. The van der Waals surface area contributed by atoms with Gasteiger partial charge in [0.15, 0.2) is 0 Å². The number of hydrogen-bond acceptors (Lipinski definition) is 7. The summed E-state index contributed by atoms with van der Waals surface area (Å²) >= 11 is 1.22. The summed E-state index contributed by atoms with van der Waals surface area (Å²) in [6.45, 7) is 1.79. The molecule has 0 aliphatic heterocycles. The van der Waals surface area contributed by atoms with E-state index in [0.717, 1.165) is 17.1 Å². The van der Waals surface area contributed by atoms with Gasteiger partial charge in [-0.2, -0.15) is 0 Å². The average Bonchev–Trinajstić information content (AvgIpc) is 3.15. The number of rotatable bonds is 8. The number of ether oxygens (including phenoxy) is 2. The third-order valence-corrected chi connectivity index (χ3v) is 4.90. The van der Waals surface area contributed by atoms with Crippen molar-refractivity contribution in [1.29, 1.82) is 0 Å². The maximum atomic E-state index is 12.4. The summed E-state index contributed by atoms with van der Waals surface area (Å²) in [5.41, 5.74) is 1.73. The van der Waals surface area contributed by atoms with Gasteiger partial charge in [0.2, 0.25) is 11.8 Å². The van der Waals surface area contributed by atoms with Crippen molar-refractivity contribution in [2.24, 2.45) is 0 Å². The van der Waals surface area contributed by atoms with E-state index in [1.54, 1.807) is 45.4 Å². The molecule has 0 bridgehead atoms. The molecular formula is C20H21N3O4S. The van der Waals surface area contributed by atoms with Crippen LogP contribution >= 0.6 is 11.8 Å². The first-order chi connectivity index (χ1) is 13.6. The number of anilines is 1. The van der Waals surface area contributed by atoms with Gasteiger partial charge in [-0.05, 0) is 48.9 Å². The molecule has 3 rings (SSSR count). The van der Waals surface area contributed by atoms with Gasteiger partial charge < -0.3 is 19.2 Å². The number of carbonyl (C=O) groups is 1. The van der Waals surface area contributed by atoms with E-state index in [1.807, 2.05) is 24.3 Å². The molecule has 1 amide bonds. The van der Waals surface area contributed by atoms with Crippen LogP contribution in [0, 0.1) is 0 Å². The molecule has 8 heteroatoms. The highest BCUT2D eigenvalue weighted by Gasteiger charge is 2.18. The van der Waals surface area contributed by atoms with Crippen LogP contribution in [0.1, 0.15) is 18.4 Å². The lowest BCUT2D eigenvalue weighted by Gasteiger charge is -2.10. The average molecular weight is 399 g/mol. The Hall–Kier alpha value is -3.00. The molecule has 3 aromatic rings. The van der Waals surface area contributed by atoms with E-state index < -0.39 is 5.25 Å². The fourth-order valence-corrected chi connectivity index (χ4v) is 3.10. The van der Waals surface area contributed by atoms with E-state index in [-0.39, 0.29) is 5.91 Å². The fourth-order valence-electron chi connectivity index (χ4n) is 2.40. The van der Waals surface area contributed by atoms with Gasteiger partial charge in [0, 0.05) is 5.69 Å². The number of amides is 1. The van der Waals surface area contributed by atoms with Crippen molar-refractivity contribution in [3.05, 3.63) is 60.0 Å². The van der Waals surface area contributed by atoms with Crippen LogP contribution in [0.3, 0.4) is 0 Å². The summed E-state index contributed by atoms with van der Waals surface area (Å²) in [6.07, 6.45) is 0.518. The zero-order valence-electron chi connectivity index (χ0n) is 15.8. The standard InChI is InChI=1S/C20H21N3O4S/c1-13(19(24)21-15-6-10-17(26-3)11-7-15)28-20-23-22-18(27-20)12-14-4-8-16(25-2)9-5-14/h4-11,13H,12H2,1-3H3,(H,21,24)/t13-/m1/s1. The largest absolute Gasteiger partial charge is 0.497 e. The highest BCUT2D eigenvalue weighted by molar-refractivity contribution is 8.00. The molecule has 1 aromatic heterocycles. The van der Waals surface area contributed by atoms with Gasteiger partial charge in [-0.25, -0.2) is 0 Å². The second-order valence-electron chi connectivity index (χ2n) is 5.96. The van der Waals surface area contributed by atoms with Crippen molar-refractivity contribution in [2.45, 2.75) is 23.8 Å². The molecule has 0 spiro atoms. The first kappa shape index (κ1) is 19.8. The minimum absolute atomic E-state index is 0.148. The summed E-state index contributed by atoms with van der Waals surface area (Å²) < 4.78 is 15.9. The van der Waals surface area contributed by atoms with Crippen LogP contribution in [0.2, 0.25) is 0 Å². The molecule has 0 fully saturated rings. The number of benzene rings is 2. The summed E-state index contributed by atoms with van der Waals surface area (Å²) in [5, 5.41) is 10.9. The maximum absolute atomic E-state index is 12.4. The Kier molecular flexibility index (Phi) is 6.54. The molecule has 7 nitrogen and oxygen atoms in total. The fraction of sp³-hybridized carbons (Fsp3) is 0.250. The first-order valence-electron chi connectivity index (χ1n) is 8.64. The van der Waals surface area contributed by atoms with Crippen molar-refractivity contribution >= 4 is 23.4 Å². The third kappa shape index (κ3) is 5.26. The zero-order chi connectivity index (χ0) is 19.9. The van der Waals surface area contributed by atoms with Gasteiger partial charge in [-0.3, -0.25) is 4.79 Å². The third-order valence-electron chi connectivity index (χ3n) is 3.97. The summed E-state index contributed by atoms with van der Waals surface area (Å²) in [6, 6.07) is 14.8. The Bertz CT molecular complexity index is 910. The van der Waals surface area contributed by atoms with E-state index in [0.29, 0.717) is 23.2 Å². The molecule has 28 heavy (non-hydrogen) atoms. The number of aromatic nitrogens is 2. The smallest absolute Gasteiger partial charge is 0.277 e. The topological polar surface area (TPSA) is 86.5 Å². The number of methoxy groups -OCH3 is 2. The molecule has 0 aliphatic rings. The van der Waals surface area contributed by atoms with E-state index in [1.165, 1.54) is 11.8 Å². The van der Waals surface area contributed by atoms with E-state index in [9.17, 15) is 4.79 Å². The van der Waals surface area contributed by atoms with Gasteiger partial charge in [0.05, 0.1) is 25.9 Å². The quantitative estimate of drug-likeness (QED) is 0.577. The first-order valence-corrected chi connectivity index (χ1v) is 9.52. The molecule has 1 heterocycles. The second kappa shape index (κ2) is 9.27. The van der Waals surface area contributed by atoms with Gasteiger partial charge in [0.1, 0.15) is 11.5 Å². The SMILES string of the molecule is COc1ccc(Cc2nnc(S[C@H](C)C(=O)Nc3ccc(OC)cc3)o2)cc1. The van der Waals surface area contributed by atoms with Crippen molar-refractivity contribution in [3.8, 4) is 11.5 Å². The molecule has 146 valence electrons. The molecule has 0 unspecified atom stereocenters. The highest BCUT2D eigenvalue weighted by Crippen LogP contribution is 2.24. The molecule has 1 N–H and O–H groups in total. The number of nitrogens with one attached hydrogen (secondary N) is 1. The second-order valence-corrected chi connectivity index (χ2v) is 7.26. The Labute approximate surface area is 167 Å². The van der Waals surface area contributed by atoms with E-state index >= 15 is 0 Å². The minimum atomic E-state index is -0.392. The maximum Gasteiger partial charge on any atom is 0.277 e. The lowest BCUT2D eigenvalue weighted by Crippen LogP contribution is -2.22. The molecule has 0 aliphatic carbocycles. The van der Waals surface area contributed by atoms with E-state index in [2.05, 4.69) is 15.5 Å². The van der Waals surface area contributed by atoms with Crippen molar-refractivity contribution in [2.75, 3.05) is 19.5 Å². The van der Waals surface area contributed by atoms with Crippen LogP contribution in [0.25, 0.3) is 0 Å². The summed E-state index contributed by atoms with van der Waals surface area (Å²) in [4.78, 5) is 12.4. The highest BCUT2D eigenvalue weighted by atomic mass is 32.2. The molecule has 2 aromatic carbocycles. The summed E-state index contributed by atoms with van der Waals surface area (Å²) in [7, 11) is 3.22. The Morgan fingerprint density at radius 1 is 1.04 bits per heavy atom. The van der Waals surface area contributed by atoms with Crippen LogP contribution < -0.4 is 14.8 Å². The molecule has 0 saturated heterocycles. The van der Waals surface area contributed by atoms with Crippen LogP contribution in [-0.4, -0.2) is 35.6 Å². The minimum Gasteiger partial charge on any atom is -0.497 e. The van der Waals surface area contributed by atoms with E-state index in [4.69, 9.17) is 13.9 Å². The predicted molar refractivity (Wildman–Crippen MR) is 107 cm³/mol. The van der Waals surface area contributed by atoms with Gasteiger partial charge in [-0.1, -0.05) is 23.9 Å².